The summed E-state index contributed by atoms with van der Waals surface area (Å²) < 4.78 is 0. The molecule has 0 bridgehead atoms. The van der Waals surface area contributed by atoms with E-state index in [1.54, 1.807) is 0 Å². The van der Waals surface area contributed by atoms with Crippen molar-refractivity contribution in [2.45, 2.75) is 52.1 Å². The minimum atomic E-state index is -0.0484. The molecular weight excluding hydrogens is 224 g/mol. The highest BCUT2D eigenvalue weighted by molar-refractivity contribution is 5.96. The van der Waals surface area contributed by atoms with Crippen molar-refractivity contribution in [1.29, 1.82) is 0 Å². The zero-order valence-electron chi connectivity index (χ0n) is 11.4. The molecule has 18 heavy (non-hydrogen) atoms. The highest BCUT2D eigenvalue weighted by atomic mass is 16.2. The summed E-state index contributed by atoms with van der Waals surface area (Å²) in [5.41, 5.74) is 3.20. The number of piperidine rings is 1. The maximum atomic E-state index is 12.2. The topological polar surface area (TPSA) is 41.1 Å². The fourth-order valence-electron chi connectivity index (χ4n) is 2.57. The van der Waals surface area contributed by atoms with Crippen molar-refractivity contribution in [2.75, 3.05) is 5.32 Å². The first-order chi connectivity index (χ1) is 8.58. The first-order valence-corrected chi connectivity index (χ1v) is 6.71. The molecule has 2 rings (SSSR count). The molecule has 2 N–H and O–H groups in total. The number of anilines is 1. The van der Waals surface area contributed by atoms with E-state index in [0.29, 0.717) is 6.04 Å². The maximum absolute atomic E-state index is 12.2. The Labute approximate surface area is 109 Å². The Morgan fingerprint density at radius 2 is 1.94 bits per heavy atom. The molecule has 0 aromatic heterocycles. The average Bonchev–Trinajstić information content (AvgIpc) is 2.34. The lowest BCUT2D eigenvalue weighted by Gasteiger charge is -2.28. The van der Waals surface area contributed by atoms with Crippen LogP contribution < -0.4 is 10.6 Å². The van der Waals surface area contributed by atoms with E-state index in [0.717, 1.165) is 36.1 Å². The SMILES string of the molecule is Cc1cccc(C)c1NC(=O)C1CCCC(C)N1. The van der Waals surface area contributed by atoms with Gasteiger partial charge in [0.1, 0.15) is 0 Å². The summed E-state index contributed by atoms with van der Waals surface area (Å²) in [6.07, 6.45) is 3.22. The number of aryl methyl sites for hydroxylation is 2. The van der Waals surface area contributed by atoms with Crippen molar-refractivity contribution in [2.24, 2.45) is 0 Å². The van der Waals surface area contributed by atoms with Crippen molar-refractivity contribution in [3.8, 4) is 0 Å². The van der Waals surface area contributed by atoms with E-state index in [2.05, 4.69) is 17.6 Å². The Morgan fingerprint density at radius 3 is 2.56 bits per heavy atom. The molecule has 1 aromatic rings. The average molecular weight is 246 g/mol. The second-order valence-corrected chi connectivity index (χ2v) is 5.31. The van der Waals surface area contributed by atoms with Gasteiger partial charge in [-0.15, -0.1) is 0 Å². The molecule has 1 aliphatic rings. The monoisotopic (exact) mass is 246 g/mol. The molecule has 1 fully saturated rings. The Kier molecular flexibility index (Phi) is 4.02. The molecule has 2 atom stereocenters. The van der Waals surface area contributed by atoms with E-state index >= 15 is 0 Å². The maximum Gasteiger partial charge on any atom is 0.241 e. The van der Waals surface area contributed by atoms with Crippen LogP contribution in [-0.4, -0.2) is 18.0 Å². The van der Waals surface area contributed by atoms with Gasteiger partial charge in [-0.1, -0.05) is 18.2 Å². The Balaban J connectivity index is 2.07. The van der Waals surface area contributed by atoms with Crippen LogP contribution in [0, 0.1) is 13.8 Å². The van der Waals surface area contributed by atoms with E-state index in [4.69, 9.17) is 0 Å². The second-order valence-electron chi connectivity index (χ2n) is 5.31. The van der Waals surface area contributed by atoms with Crippen molar-refractivity contribution < 1.29 is 4.79 Å². The standard InChI is InChI=1S/C15H22N2O/c1-10-6-4-7-11(2)14(10)17-15(18)13-9-5-8-12(3)16-13/h4,6-7,12-13,16H,5,8-9H2,1-3H3,(H,17,18). The molecular formula is C15H22N2O. The molecule has 1 aliphatic heterocycles. The Morgan fingerprint density at radius 1 is 1.28 bits per heavy atom. The summed E-state index contributed by atoms with van der Waals surface area (Å²) in [5, 5.41) is 6.43. The Bertz CT molecular complexity index is 422. The second kappa shape index (κ2) is 5.53. The third-order valence-electron chi connectivity index (χ3n) is 3.66. The van der Waals surface area contributed by atoms with Crippen LogP contribution in [0.2, 0.25) is 0 Å². The Hall–Kier alpha value is -1.35. The molecule has 3 heteroatoms. The van der Waals surface area contributed by atoms with Gasteiger partial charge < -0.3 is 10.6 Å². The number of para-hydroxylation sites is 1. The fraction of sp³-hybridized carbons (Fsp3) is 0.533. The van der Waals surface area contributed by atoms with E-state index in [-0.39, 0.29) is 11.9 Å². The first-order valence-electron chi connectivity index (χ1n) is 6.71. The van der Waals surface area contributed by atoms with Gasteiger partial charge in [0.25, 0.3) is 0 Å². The molecule has 1 saturated heterocycles. The van der Waals surface area contributed by atoms with E-state index < -0.39 is 0 Å². The van der Waals surface area contributed by atoms with Crippen LogP contribution in [0.5, 0.6) is 0 Å². The third kappa shape index (κ3) is 2.91. The molecule has 3 nitrogen and oxygen atoms in total. The van der Waals surface area contributed by atoms with Crippen molar-refractivity contribution in [3.05, 3.63) is 29.3 Å². The van der Waals surface area contributed by atoms with Crippen LogP contribution >= 0.6 is 0 Å². The van der Waals surface area contributed by atoms with Crippen molar-refractivity contribution in [1.82, 2.24) is 5.32 Å². The smallest absolute Gasteiger partial charge is 0.241 e. The lowest BCUT2D eigenvalue weighted by Crippen LogP contribution is -2.47. The van der Waals surface area contributed by atoms with E-state index in [9.17, 15) is 4.79 Å². The fourth-order valence-corrected chi connectivity index (χ4v) is 2.57. The lowest BCUT2D eigenvalue weighted by molar-refractivity contribution is -0.118. The number of hydrogen-bond acceptors (Lipinski definition) is 2. The van der Waals surface area contributed by atoms with Crippen LogP contribution in [-0.2, 0) is 4.79 Å². The van der Waals surface area contributed by atoms with Crippen LogP contribution in [0.4, 0.5) is 5.69 Å². The van der Waals surface area contributed by atoms with Crippen LogP contribution in [0.3, 0.4) is 0 Å². The molecule has 0 saturated carbocycles. The zero-order chi connectivity index (χ0) is 13.1. The largest absolute Gasteiger partial charge is 0.324 e. The molecule has 98 valence electrons. The number of amides is 1. The molecule has 1 amide bonds. The van der Waals surface area contributed by atoms with Gasteiger partial charge in [0.05, 0.1) is 6.04 Å². The normalized spacial score (nSPS) is 23.7. The van der Waals surface area contributed by atoms with Crippen molar-refractivity contribution >= 4 is 11.6 Å². The summed E-state index contributed by atoms with van der Waals surface area (Å²) in [6.45, 7) is 6.19. The molecule has 0 radical (unpaired) electrons. The molecule has 2 unspecified atom stereocenters. The van der Waals surface area contributed by atoms with Gasteiger partial charge in [-0.05, 0) is 51.2 Å². The minimum absolute atomic E-state index is 0.0484. The van der Waals surface area contributed by atoms with Crippen molar-refractivity contribution in [3.63, 3.8) is 0 Å². The van der Waals surface area contributed by atoms with Crippen LogP contribution in [0.25, 0.3) is 0 Å². The zero-order valence-corrected chi connectivity index (χ0v) is 11.4. The third-order valence-corrected chi connectivity index (χ3v) is 3.66. The van der Waals surface area contributed by atoms with Crippen LogP contribution in [0.15, 0.2) is 18.2 Å². The summed E-state index contributed by atoms with van der Waals surface area (Å²) in [4.78, 5) is 12.2. The van der Waals surface area contributed by atoms with Gasteiger partial charge in [0, 0.05) is 11.7 Å². The van der Waals surface area contributed by atoms with Gasteiger partial charge in [-0.2, -0.15) is 0 Å². The predicted molar refractivity (Wildman–Crippen MR) is 74.8 cm³/mol. The van der Waals surface area contributed by atoms with Gasteiger partial charge in [0.2, 0.25) is 5.91 Å². The molecule has 1 heterocycles. The van der Waals surface area contributed by atoms with Gasteiger partial charge in [0.15, 0.2) is 0 Å². The van der Waals surface area contributed by atoms with Gasteiger partial charge in [-0.3, -0.25) is 4.79 Å². The summed E-state index contributed by atoms with van der Waals surface area (Å²) in [7, 11) is 0. The van der Waals surface area contributed by atoms with Gasteiger partial charge >= 0.3 is 0 Å². The van der Waals surface area contributed by atoms with E-state index in [1.807, 2.05) is 32.0 Å². The summed E-state index contributed by atoms with van der Waals surface area (Å²) in [6, 6.07) is 6.46. The minimum Gasteiger partial charge on any atom is -0.324 e. The first kappa shape index (κ1) is 13.1. The quantitative estimate of drug-likeness (QED) is 0.842. The number of carbonyl (C=O) groups excluding carboxylic acids is 1. The molecule has 1 aromatic carbocycles. The highest BCUT2D eigenvalue weighted by Crippen LogP contribution is 2.21. The van der Waals surface area contributed by atoms with Crippen LogP contribution in [0.1, 0.15) is 37.3 Å². The molecule has 0 spiro atoms. The summed E-state index contributed by atoms with van der Waals surface area (Å²) >= 11 is 0. The number of rotatable bonds is 2. The predicted octanol–water partition coefficient (Wildman–Crippen LogP) is 2.77. The molecule has 0 aliphatic carbocycles. The number of carbonyl (C=O) groups is 1. The number of nitrogens with one attached hydrogen (secondary N) is 2. The number of benzene rings is 1. The lowest BCUT2D eigenvalue weighted by atomic mass is 9.98. The highest BCUT2D eigenvalue weighted by Gasteiger charge is 2.24. The number of hydrogen-bond donors (Lipinski definition) is 2. The van der Waals surface area contributed by atoms with E-state index in [1.165, 1.54) is 0 Å². The summed E-state index contributed by atoms with van der Waals surface area (Å²) in [5.74, 6) is 0.0963. The van der Waals surface area contributed by atoms with Gasteiger partial charge in [-0.25, -0.2) is 0 Å².